The van der Waals surface area contributed by atoms with Crippen LogP contribution in [0.4, 0.5) is 5.69 Å². The standard InChI is InChI=1S/C17H16BrN5OS/c1-22(2)14-6-3-11(4-7-14)16-20-21-17(25)23(16)19-10-12-9-13(18)5-8-15(12)24/h3-10,24H,1-2H3,(H,21,25)/b19-10+. The second-order valence-electron chi connectivity index (χ2n) is 5.55. The molecular formula is C17H16BrN5OS. The van der Waals surface area contributed by atoms with Crippen molar-refractivity contribution in [3.63, 3.8) is 0 Å². The quantitative estimate of drug-likeness (QED) is 0.496. The monoisotopic (exact) mass is 417 g/mol. The van der Waals surface area contributed by atoms with Gasteiger partial charge in [0.15, 0.2) is 5.82 Å². The van der Waals surface area contributed by atoms with Crippen molar-refractivity contribution >= 4 is 40.0 Å². The van der Waals surface area contributed by atoms with Gasteiger partial charge in [-0.05, 0) is 54.7 Å². The summed E-state index contributed by atoms with van der Waals surface area (Å²) < 4.78 is 2.75. The van der Waals surface area contributed by atoms with E-state index in [1.54, 1.807) is 24.4 Å². The number of H-pyrrole nitrogens is 1. The van der Waals surface area contributed by atoms with Gasteiger partial charge in [-0.3, -0.25) is 0 Å². The molecule has 0 fully saturated rings. The first-order valence-electron chi connectivity index (χ1n) is 7.44. The first-order chi connectivity index (χ1) is 12.0. The number of aromatic amines is 1. The first-order valence-corrected chi connectivity index (χ1v) is 8.64. The fourth-order valence-electron chi connectivity index (χ4n) is 2.24. The molecule has 0 spiro atoms. The largest absolute Gasteiger partial charge is 0.507 e. The molecule has 0 aliphatic heterocycles. The summed E-state index contributed by atoms with van der Waals surface area (Å²) in [4.78, 5) is 2.02. The number of nitrogens with one attached hydrogen (secondary N) is 1. The van der Waals surface area contributed by atoms with Crippen LogP contribution in [0.2, 0.25) is 0 Å². The van der Waals surface area contributed by atoms with Gasteiger partial charge in [-0.1, -0.05) is 15.9 Å². The maximum absolute atomic E-state index is 9.93. The Labute approximate surface area is 158 Å². The first kappa shape index (κ1) is 17.4. The Bertz CT molecular complexity index is 975. The van der Waals surface area contributed by atoms with E-state index >= 15 is 0 Å². The van der Waals surface area contributed by atoms with E-state index in [0.717, 1.165) is 15.7 Å². The van der Waals surface area contributed by atoms with Crippen LogP contribution in [0, 0.1) is 4.77 Å². The van der Waals surface area contributed by atoms with Crippen LogP contribution in [0.3, 0.4) is 0 Å². The fraction of sp³-hybridized carbons (Fsp3) is 0.118. The van der Waals surface area contributed by atoms with E-state index in [4.69, 9.17) is 12.2 Å². The summed E-state index contributed by atoms with van der Waals surface area (Å²) in [6, 6.07) is 13.1. The number of anilines is 1. The molecule has 0 amide bonds. The third-order valence-corrected chi connectivity index (χ3v) is 4.35. The van der Waals surface area contributed by atoms with E-state index < -0.39 is 0 Å². The second kappa shape index (κ2) is 7.20. The summed E-state index contributed by atoms with van der Waals surface area (Å²) in [5.74, 6) is 0.736. The maximum Gasteiger partial charge on any atom is 0.216 e. The van der Waals surface area contributed by atoms with Crippen molar-refractivity contribution in [2.24, 2.45) is 5.10 Å². The number of hydrogen-bond donors (Lipinski definition) is 2. The highest BCUT2D eigenvalue weighted by molar-refractivity contribution is 9.10. The Morgan fingerprint density at radius 1 is 1.24 bits per heavy atom. The van der Waals surface area contributed by atoms with Crippen LogP contribution >= 0.6 is 28.1 Å². The zero-order valence-electron chi connectivity index (χ0n) is 13.6. The van der Waals surface area contributed by atoms with Crippen molar-refractivity contribution in [3.05, 3.63) is 57.3 Å². The predicted molar refractivity (Wildman–Crippen MR) is 106 cm³/mol. The molecule has 2 aromatic carbocycles. The lowest BCUT2D eigenvalue weighted by Crippen LogP contribution is -2.08. The molecule has 3 aromatic rings. The Morgan fingerprint density at radius 2 is 1.96 bits per heavy atom. The molecule has 0 saturated heterocycles. The Hall–Kier alpha value is -2.45. The molecule has 0 atom stereocenters. The van der Waals surface area contributed by atoms with Gasteiger partial charge in [0.1, 0.15) is 5.75 Å². The van der Waals surface area contributed by atoms with E-state index in [-0.39, 0.29) is 5.75 Å². The molecule has 1 aromatic heterocycles. The molecule has 0 aliphatic rings. The molecule has 25 heavy (non-hydrogen) atoms. The highest BCUT2D eigenvalue weighted by atomic mass is 79.9. The van der Waals surface area contributed by atoms with E-state index in [1.807, 2.05) is 43.3 Å². The summed E-state index contributed by atoms with van der Waals surface area (Å²) in [7, 11) is 3.97. The van der Waals surface area contributed by atoms with Gasteiger partial charge in [-0.25, -0.2) is 5.10 Å². The van der Waals surface area contributed by atoms with Gasteiger partial charge in [-0.15, -0.1) is 0 Å². The number of rotatable bonds is 4. The number of halogens is 1. The van der Waals surface area contributed by atoms with E-state index in [0.29, 0.717) is 16.2 Å². The summed E-state index contributed by atoms with van der Waals surface area (Å²) in [6.45, 7) is 0. The van der Waals surface area contributed by atoms with Crippen molar-refractivity contribution in [3.8, 4) is 17.1 Å². The topological polar surface area (TPSA) is 69.4 Å². The molecule has 6 nitrogen and oxygen atoms in total. The van der Waals surface area contributed by atoms with Gasteiger partial charge < -0.3 is 10.0 Å². The second-order valence-corrected chi connectivity index (χ2v) is 6.86. The highest BCUT2D eigenvalue weighted by Gasteiger charge is 2.09. The van der Waals surface area contributed by atoms with Gasteiger partial charge in [0.05, 0.1) is 6.21 Å². The van der Waals surface area contributed by atoms with Crippen LogP contribution in [0.15, 0.2) is 52.0 Å². The average molecular weight is 418 g/mol. The van der Waals surface area contributed by atoms with E-state index in [9.17, 15) is 5.11 Å². The van der Waals surface area contributed by atoms with Gasteiger partial charge >= 0.3 is 0 Å². The van der Waals surface area contributed by atoms with Crippen LogP contribution in [-0.2, 0) is 0 Å². The Kier molecular flexibility index (Phi) is 5.00. The lowest BCUT2D eigenvalue weighted by Gasteiger charge is -2.12. The van der Waals surface area contributed by atoms with Crippen molar-refractivity contribution < 1.29 is 5.11 Å². The minimum absolute atomic E-state index is 0.138. The molecule has 0 aliphatic carbocycles. The molecule has 0 bridgehead atoms. The third kappa shape index (κ3) is 3.80. The van der Waals surface area contributed by atoms with Gasteiger partial charge in [0.2, 0.25) is 4.77 Å². The van der Waals surface area contributed by atoms with Crippen molar-refractivity contribution in [1.82, 2.24) is 14.9 Å². The smallest absolute Gasteiger partial charge is 0.216 e. The molecular weight excluding hydrogens is 402 g/mol. The number of nitrogens with zero attached hydrogens (tertiary/aromatic N) is 4. The third-order valence-electron chi connectivity index (χ3n) is 3.59. The average Bonchev–Trinajstić information content (AvgIpc) is 2.96. The van der Waals surface area contributed by atoms with Crippen LogP contribution in [0.1, 0.15) is 5.56 Å². The van der Waals surface area contributed by atoms with E-state index in [2.05, 4.69) is 31.2 Å². The molecule has 128 valence electrons. The van der Waals surface area contributed by atoms with Gasteiger partial charge in [0, 0.05) is 35.4 Å². The number of phenols is 1. The van der Waals surface area contributed by atoms with Crippen molar-refractivity contribution in [2.75, 3.05) is 19.0 Å². The lowest BCUT2D eigenvalue weighted by molar-refractivity contribution is 0.474. The van der Waals surface area contributed by atoms with Crippen molar-refractivity contribution in [1.29, 1.82) is 0 Å². The summed E-state index contributed by atoms with van der Waals surface area (Å²) in [6.07, 6.45) is 1.54. The normalized spacial score (nSPS) is 11.2. The minimum atomic E-state index is 0.138. The molecule has 0 radical (unpaired) electrons. The highest BCUT2D eigenvalue weighted by Crippen LogP contribution is 2.22. The number of aromatic hydroxyl groups is 1. The summed E-state index contributed by atoms with van der Waals surface area (Å²) >= 11 is 8.64. The fourth-order valence-corrected chi connectivity index (χ4v) is 2.80. The summed E-state index contributed by atoms with van der Waals surface area (Å²) in [5, 5.41) is 21.3. The zero-order valence-corrected chi connectivity index (χ0v) is 16.0. The molecule has 2 N–H and O–H groups in total. The number of phenolic OH excluding ortho intramolecular Hbond substituents is 1. The van der Waals surface area contributed by atoms with Gasteiger partial charge in [-0.2, -0.15) is 14.9 Å². The molecule has 1 heterocycles. The molecule has 0 unspecified atom stereocenters. The minimum Gasteiger partial charge on any atom is -0.507 e. The van der Waals surface area contributed by atoms with E-state index in [1.165, 1.54) is 4.68 Å². The number of aromatic nitrogens is 3. The molecule has 8 heteroatoms. The number of benzene rings is 2. The molecule has 0 saturated carbocycles. The lowest BCUT2D eigenvalue weighted by atomic mass is 10.2. The Morgan fingerprint density at radius 3 is 2.64 bits per heavy atom. The zero-order chi connectivity index (χ0) is 18.0. The van der Waals surface area contributed by atoms with Crippen LogP contribution in [0.25, 0.3) is 11.4 Å². The van der Waals surface area contributed by atoms with Crippen LogP contribution < -0.4 is 4.90 Å². The number of hydrogen-bond acceptors (Lipinski definition) is 5. The molecule has 3 rings (SSSR count). The summed E-state index contributed by atoms with van der Waals surface area (Å²) in [5.41, 5.74) is 2.55. The maximum atomic E-state index is 9.93. The van der Waals surface area contributed by atoms with Crippen LogP contribution in [0.5, 0.6) is 5.75 Å². The van der Waals surface area contributed by atoms with Gasteiger partial charge in [0.25, 0.3) is 0 Å². The SMILES string of the molecule is CN(C)c1ccc(-c2n[nH]c(=S)n2/N=C/c2cc(Br)ccc2O)cc1. The van der Waals surface area contributed by atoms with Crippen LogP contribution in [-0.4, -0.2) is 40.3 Å². The predicted octanol–water partition coefficient (Wildman–Crippen LogP) is 4.02. The van der Waals surface area contributed by atoms with Crippen molar-refractivity contribution in [2.45, 2.75) is 0 Å². The Balaban J connectivity index is 1.98.